The van der Waals surface area contributed by atoms with Crippen molar-refractivity contribution in [2.75, 3.05) is 0 Å². The number of Topliss-reactive ketones (excluding diaryl/α,β-unsaturated/α-hetero) is 1. The molecule has 0 radical (unpaired) electrons. The second kappa shape index (κ2) is 4.30. The molecule has 0 fully saturated rings. The molecule has 21 heavy (non-hydrogen) atoms. The zero-order valence-corrected chi connectivity index (χ0v) is 12.9. The molecule has 0 heterocycles. The number of fused-ring (bicyclic) bond motifs is 2. The van der Waals surface area contributed by atoms with E-state index in [0.717, 1.165) is 5.56 Å². The van der Waals surface area contributed by atoms with Crippen molar-refractivity contribution in [3.63, 3.8) is 0 Å². The Balaban J connectivity index is 2.24. The van der Waals surface area contributed by atoms with Crippen molar-refractivity contribution in [3.8, 4) is 5.75 Å². The monoisotopic (exact) mass is 284 g/mol. The standard InChI is InChI=1S/C18H20O3/c1-9(2)11-8-13-12(16(11)20)7-10-5-6-14(19)18(3,4)15(10)17(13)21/h5-7,9,11,21H,8H2,1-4H3/t11-/m0/s1. The number of rotatable bonds is 1. The van der Waals surface area contributed by atoms with Gasteiger partial charge in [-0.25, -0.2) is 0 Å². The van der Waals surface area contributed by atoms with Crippen LogP contribution in [0.1, 0.15) is 54.7 Å². The molecule has 0 saturated carbocycles. The van der Waals surface area contributed by atoms with E-state index in [0.29, 0.717) is 23.1 Å². The van der Waals surface area contributed by atoms with E-state index in [4.69, 9.17) is 0 Å². The first kappa shape index (κ1) is 14.1. The molecule has 3 nitrogen and oxygen atoms in total. The predicted molar refractivity (Wildman–Crippen MR) is 81.5 cm³/mol. The van der Waals surface area contributed by atoms with Gasteiger partial charge in [-0.05, 0) is 43.9 Å². The van der Waals surface area contributed by atoms with Crippen LogP contribution in [-0.4, -0.2) is 16.7 Å². The Morgan fingerprint density at radius 2 is 1.90 bits per heavy atom. The highest BCUT2D eigenvalue weighted by molar-refractivity contribution is 6.08. The molecule has 0 aromatic heterocycles. The van der Waals surface area contributed by atoms with E-state index in [1.165, 1.54) is 6.08 Å². The maximum atomic E-state index is 12.5. The number of carbonyl (C=O) groups is 2. The third kappa shape index (κ3) is 1.80. The summed E-state index contributed by atoms with van der Waals surface area (Å²) < 4.78 is 0. The molecule has 2 aliphatic carbocycles. The van der Waals surface area contributed by atoms with Crippen LogP contribution in [0.5, 0.6) is 5.75 Å². The lowest BCUT2D eigenvalue weighted by molar-refractivity contribution is -0.118. The Kier molecular flexibility index (Phi) is 2.88. The fourth-order valence-corrected chi connectivity index (χ4v) is 3.49. The van der Waals surface area contributed by atoms with Crippen molar-refractivity contribution in [3.05, 3.63) is 34.4 Å². The quantitative estimate of drug-likeness (QED) is 0.861. The van der Waals surface area contributed by atoms with Crippen LogP contribution < -0.4 is 0 Å². The van der Waals surface area contributed by atoms with Crippen LogP contribution in [-0.2, 0) is 16.6 Å². The summed E-state index contributed by atoms with van der Waals surface area (Å²) in [5.74, 6) is 0.405. The second-order valence-electron chi connectivity index (χ2n) is 6.96. The van der Waals surface area contributed by atoms with Crippen LogP contribution >= 0.6 is 0 Å². The summed E-state index contributed by atoms with van der Waals surface area (Å²) in [4.78, 5) is 24.6. The minimum atomic E-state index is -0.748. The van der Waals surface area contributed by atoms with Crippen LogP contribution in [0.3, 0.4) is 0 Å². The number of ketones is 2. The SMILES string of the molecule is CC(C)[C@@H]1Cc2c(cc3c(c2O)C(C)(C)C(=O)C=C3)C1=O. The Labute approximate surface area is 124 Å². The first-order valence-corrected chi connectivity index (χ1v) is 7.41. The molecular weight excluding hydrogens is 264 g/mol. The van der Waals surface area contributed by atoms with Gasteiger partial charge in [0.1, 0.15) is 5.75 Å². The van der Waals surface area contributed by atoms with E-state index in [-0.39, 0.29) is 29.2 Å². The lowest BCUT2D eigenvalue weighted by atomic mass is 9.73. The lowest BCUT2D eigenvalue weighted by Crippen LogP contribution is -2.31. The van der Waals surface area contributed by atoms with Crippen molar-refractivity contribution in [2.24, 2.45) is 11.8 Å². The average Bonchev–Trinajstić information content (AvgIpc) is 2.72. The normalized spacial score (nSPS) is 22.6. The van der Waals surface area contributed by atoms with Gasteiger partial charge in [0.25, 0.3) is 0 Å². The van der Waals surface area contributed by atoms with Crippen LogP contribution in [0, 0.1) is 11.8 Å². The second-order valence-corrected chi connectivity index (χ2v) is 6.96. The molecule has 110 valence electrons. The minimum absolute atomic E-state index is 0.0185. The third-order valence-electron chi connectivity index (χ3n) is 4.92. The van der Waals surface area contributed by atoms with Crippen LogP contribution in [0.2, 0.25) is 0 Å². The zero-order chi connectivity index (χ0) is 15.5. The van der Waals surface area contributed by atoms with Gasteiger partial charge >= 0.3 is 0 Å². The van der Waals surface area contributed by atoms with Crippen LogP contribution in [0.4, 0.5) is 0 Å². The number of carbonyl (C=O) groups excluding carboxylic acids is 2. The highest BCUT2D eigenvalue weighted by Crippen LogP contribution is 2.46. The molecule has 3 rings (SSSR count). The Hall–Kier alpha value is -1.90. The Bertz CT molecular complexity index is 693. The van der Waals surface area contributed by atoms with Gasteiger partial charge in [-0.15, -0.1) is 0 Å². The highest BCUT2D eigenvalue weighted by Gasteiger charge is 2.41. The van der Waals surface area contributed by atoms with Gasteiger partial charge in [0.05, 0.1) is 5.41 Å². The smallest absolute Gasteiger partial charge is 0.166 e. The maximum Gasteiger partial charge on any atom is 0.166 e. The fourth-order valence-electron chi connectivity index (χ4n) is 3.49. The van der Waals surface area contributed by atoms with E-state index >= 15 is 0 Å². The number of phenols is 1. The van der Waals surface area contributed by atoms with Crippen molar-refractivity contribution in [1.29, 1.82) is 0 Å². The molecule has 0 amide bonds. The number of aromatic hydroxyl groups is 1. The van der Waals surface area contributed by atoms with E-state index in [1.54, 1.807) is 6.08 Å². The zero-order valence-electron chi connectivity index (χ0n) is 12.9. The van der Waals surface area contributed by atoms with Gasteiger partial charge in [0.15, 0.2) is 11.6 Å². The molecule has 0 saturated heterocycles. The van der Waals surface area contributed by atoms with Gasteiger partial charge in [-0.3, -0.25) is 9.59 Å². The summed E-state index contributed by atoms with van der Waals surface area (Å²) in [5.41, 5.74) is 2.04. The molecule has 1 aromatic carbocycles. The molecular formula is C18H20O3. The summed E-state index contributed by atoms with van der Waals surface area (Å²) in [7, 11) is 0. The maximum absolute atomic E-state index is 12.5. The van der Waals surface area contributed by atoms with Crippen molar-refractivity contribution in [2.45, 2.75) is 39.5 Å². The van der Waals surface area contributed by atoms with Gasteiger partial charge in [0, 0.05) is 22.6 Å². The Morgan fingerprint density at radius 3 is 2.52 bits per heavy atom. The van der Waals surface area contributed by atoms with Gasteiger partial charge in [-0.1, -0.05) is 19.9 Å². The predicted octanol–water partition coefficient (Wildman–Crippen LogP) is 3.28. The van der Waals surface area contributed by atoms with Crippen LogP contribution in [0.25, 0.3) is 6.08 Å². The van der Waals surface area contributed by atoms with Crippen LogP contribution in [0.15, 0.2) is 12.1 Å². The number of allylic oxidation sites excluding steroid dienone is 1. The average molecular weight is 284 g/mol. The van der Waals surface area contributed by atoms with Crippen molar-refractivity contribution in [1.82, 2.24) is 0 Å². The number of hydrogen-bond donors (Lipinski definition) is 1. The van der Waals surface area contributed by atoms with Crippen molar-refractivity contribution >= 4 is 17.6 Å². The highest BCUT2D eigenvalue weighted by atomic mass is 16.3. The molecule has 0 spiro atoms. The molecule has 1 aromatic rings. The van der Waals surface area contributed by atoms with E-state index in [1.807, 2.05) is 33.8 Å². The summed E-state index contributed by atoms with van der Waals surface area (Å²) in [6, 6.07) is 1.85. The number of benzene rings is 1. The first-order valence-electron chi connectivity index (χ1n) is 7.41. The summed E-state index contributed by atoms with van der Waals surface area (Å²) in [6.07, 6.45) is 3.81. The van der Waals surface area contributed by atoms with Gasteiger partial charge in [0.2, 0.25) is 0 Å². The van der Waals surface area contributed by atoms with Gasteiger partial charge < -0.3 is 5.11 Å². The largest absolute Gasteiger partial charge is 0.507 e. The third-order valence-corrected chi connectivity index (χ3v) is 4.92. The van der Waals surface area contributed by atoms with E-state index in [2.05, 4.69) is 0 Å². The number of hydrogen-bond acceptors (Lipinski definition) is 3. The molecule has 0 bridgehead atoms. The fraction of sp³-hybridized carbons (Fsp3) is 0.444. The molecule has 1 N–H and O–H groups in total. The summed E-state index contributed by atoms with van der Waals surface area (Å²) in [5, 5.41) is 10.7. The first-order chi connectivity index (χ1) is 9.75. The topological polar surface area (TPSA) is 54.4 Å². The molecule has 1 atom stereocenters. The van der Waals surface area contributed by atoms with Gasteiger partial charge in [-0.2, -0.15) is 0 Å². The van der Waals surface area contributed by atoms with E-state index in [9.17, 15) is 14.7 Å². The minimum Gasteiger partial charge on any atom is -0.507 e. The molecule has 0 aliphatic heterocycles. The lowest BCUT2D eigenvalue weighted by Gasteiger charge is -2.29. The number of phenolic OH excluding ortho intramolecular Hbond substituents is 1. The Morgan fingerprint density at radius 1 is 1.24 bits per heavy atom. The van der Waals surface area contributed by atoms with Crippen molar-refractivity contribution < 1.29 is 14.7 Å². The van der Waals surface area contributed by atoms with E-state index < -0.39 is 5.41 Å². The molecule has 3 heteroatoms. The summed E-state index contributed by atoms with van der Waals surface area (Å²) in [6.45, 7) is 7.69. The molecule has 2 aliphatic rings. The molecule has 0 unspecified atom stereocenters. The summed E-state index contributed by atoms with van der Waals surface area (Å²) >= 11 is 0.